The summed E-state index contributed by atoms with van der Waals surface area (Å²) in [5.41, 5.74) is 5.77. The molecule has 0 aliphatic carbocycles. The molecule has 1 aromatic carbocycles. The molecule has 0 amide bonds. The molecule has 92 valence electrons. The minimum absolute atomic E-state index is 0. The van der Waals surface area contributed by atoms with Gasteiger partial charge in [-0.2, -0.15) is 0 Å². The van der Waals surface area contributed by atoms with Crippen LogP contribution in [0.25, 0.3) is 16.9 Å². The summed E-state index contributed by atoms with van der Waals surface area (Å²) < 4.78 is 2.05. The van der Waals surface area contributed by atoms with Crippen molar-refractivity contribution in [2.45, 2.75) is 13.8 Å². The number of benzene rings is 1. The number of nitrogens with zero attached hydrogens (tertiary/aromatic N) is 2. The van der Waals surface area contributed by atoms with Crippen LogP contribution in [-0.4, -0.2) is 9.38 Å². The average Bonchev–Trinajstić information content (AvgIpc) is 2.75. The third-order valence-corrected chi connectivity index (χ3v) is 3.03. The van der Waals surface area contributed by atoms with Gasteiger partial charge in [0.1, 0.15) is 5.65 Å². The smallest absolute Gasteiger partial charge is 0.137 e. The first-order valence-corrected chi connectivity index (χ1v) is 5.75. The van der Waals surface area contributed by atoms with Crippen molar-refractivity contribution in [3.8, 4) is 11.3 Å². The number of pyridine rings is 1. The van der Waals surface area contributed by atoms with E-state index in [0.717, 1.165) is 11.3 Å². The van der Waals surface area contributed by atoms with Crippen molar-refractivity contribution in [1.82, 2.24) is 9.38 Å². The molecule has 0 aliphatic rings. The van der Waals surface area contributed by atoms with Crippen LogP contribution >= 0.6 is 17.0 Å². The van der Waals surface area contributed by atoms with Crippen LogP contribution in [-0.2, 0) is 0 Å². The summed E-state index contributed by atoms with van der Waals surface area (Å²) in [4.78, 5) is 4.65. The first kappa shape index (κ1) is 12.8. The standard InChI is InChI=1S/C15H14N2.BrH/c1-11-6-7-12(2)13(9-11)14-10-17-8-4-3-5-15(17)16-14;/h3-10H,1-2H3;1H. The summed E-state index contributed by atoms with van der Waals surface area (Å²) >= 11 is 0. The first-order chi connectivity index (χ1) is 8.24. The lowest BCUT2D eigenvalue weighted by Crippen LogP contribution is -1.84. The maximum atomic E-state index is 4.65. The van der Waals surface area contributed by atoms with E-state index in [1.54, 1.807) is 0 Å². The highest BCUT2D eigenvalue weighted by Crippen LogP contribution is 2.23. The molecule has 0 saturated heterocycles. The maximum absolute atomic E-state index is 4.65. The van der Waals surface area contributed by atoms with E-state index in [2.05, 4.69) is 47.6 Å². The SMILES string of the molecule is Br.Cc1ccc(C)c(-c2cn3ccccc3n2)c1. The van der Waals surface area contributed by atoms with Crippen molar-refractivity contribution in [3.05, 3.63) is 59.9 Å². The Kier molecular flexibility index (Phi) is 3.53. The summed E-state index contributed by atoms with van der Waals surface area (Å²) in [5, 5.41) is 0. The topological polar surface area (TPSA) is 17.3 Å². The van der Waals surface area contributed by atoms with Crippen molar-refractivity contribution < 1.29 is 0 Å². The van der Waals surface area contributed by atoms with E-state index in [4.69, 9.17) is 0 Å². The van der Waals surface area contributed by atoms with Gasteiger partial charge in [0.05, 0.1) is 5.69 Å². The van der Waals surface area contributed by atoms with E-state index in [9.17, 15) is 0 Å². The highest BCUT2D eigenvalue weighted by Gasteiger charge is 2.06. The fourth-order valence-corrected chi connectivity index (χ4v) is 2.08. The number of rotatable bonds is 1. The van der Waals surface area contributed by atoms with Crippen molar-refractivity contribution in [2.75, 3.05) is 0 Å². The van der Waals surface area contributed by atoms with Gasteiger partial charge in [-0.3, -0.25) is 0 Å². The van der Waals surface area contributed by atoms with Gasteiger partial charge < -0.3 is 4.40 Å². The second-order valence-corrected chi connectivity index (χ2v) is 4.41. The lowest BCUT2D eigenvalue weighted by molar-refractivity contribution is 1.19. The molecule has 2 heterocycles. The molecule has 0 unspecified atom stereocenters. The zero-order valence-electron chi connectivity index (χ0n) is 10.4. The first-order valence-electron chi connectivity index (χ1n) is 5.75. The molecule has 3 heteroatoms. The maximum Gasteiger partial charge on any atom is 0.137 e. The number of hydrogen-bond donors (Lipinski definition) is 0. The molecule has 2 aromatic heterocycles. The summed E-state index contributed by atoms with van der Waals surface area (Å²) in [7, 11) is 0. The molecular formula is C15H15BrN2. The lowest BCUT2D eigenvalue weighted by atomic mass is 10.0. The van der Waals surface area contributed by atoms with Crippen molar-refractivity contribution in [2.24, 2.45) is 0 Å². The zero-order valence-corrected chi connectivity index (χ0v) is 12.1. The molecule has 0 bridgehead atoms. The van der Waals surface area contributed by atoms with Crippen LogP contribution in [0.15, 0.2) is 48.8 Å². The van der Waals surface area contributed by atoms with Gasteiger partial charge >= 0.3 is 0 Å². The van der Waals surface area contributed by atoms with E-state index in [0.29, 0.717) is 0 Å². The molecule has 0 aliphatic heterocycles. The second-order valence-electron chi connectivity index (χ2n) is 4.41. The predicted molar refractivity (Wildman–Crippen MR) is 80.4 cm³/mol. The van der Waals surface area contributed by atoms with Crippen molar-refractivity contribution >= 4 is 22.6 Å². The fraction of sp³-hybridized carbons (Fsp3) is 0.133. The average molecular weight is 303 g/mol. The van der Waals surface area contributed by atoms with Crippen LogP contribution < -0.4 is 0 Å². The fourth-order valence-electron chi connectivity index (χ4n) is 2.08. The number of hydrogen-bond acceptors (Lipinski definition) is 1. The number of halogens is 1. The highest BCUT2D eigenvalue weighted by atomic mass is 79.9. The Bertz CT molecular complexity index is 653. The van der Waals surface area contributed by atoms with Crippen molar-refractivity contribution in [3.63, 3.8) is 0 Å². The van der Waals surface area contributed by atoms with E-state index in [-0.39, 0.29) is 17.0 Å². The van der Waals surface area contributed by atoms with Gasteiger partial charge in [-0.15, -0.1) is 17.0 Å². The summed E-state index contributed by atoms with van der Waals surface area (Å²) in [6.07, 6.45) is 4.11. The Balaban J connectivity index is 0.00000120. The molecule has 0 radical (unpaired) electrons. The normalized spacial score (nSPS) is 10.3. The number of aromatic nitrogens is 2. The quantitative estimate of drug-likeness (QED) is 0.658. The van der Waals surface area contributed by atoms with Crippen LogP contribution in [0.2, 0.25) is 0 Å². The molecule has 3 aromatic rings. The molecule has 3 rings (SSSR count). The number of imidazole rings is 1. The highest BCUT2D eigenvalue weighted by molar-refractivity contribution is 8.93. The molecule has 0 atom stereocenters. The summed E-state index contributed by atoms with van der Waals surface area (Å²) in [6.45, 7) is 4.23. The lowest BCUT2D eigenvalue weighted by Gasteiger charge is -2.03. The predicted octanol–water partition coefficient (Wildman–Crippen LogP) is 4.20. The third-order valence-electron chi connectivity index (χ3n) is 3.03. The molecular weight excluding hydrogens is 288 g/mol. The Labute approximate surface area is 117 Å². The van der Waals surface area contributed by atoms with Gasteiger partial charge in [-0.25, -0.2) is 4.98 Å². The van der Waals surface area contributed by atoms with Gasteiger partial charge in [0.15, 0.2) is 0 Å². The molecule has 0 fully saturated rings. The van der Waals surface area contributed by atoms with E-state index in [1.807, 2.05) is 24.4 Å². The summed E-state index contributed by atoms with van der Waals surface area (Å²) in [5.74, 6) is 0. The van der Waals surface area contributed by atoms with Gasteiger partial charge in [0, 0.05) is 18.0 Å². The summed E-state index contributed by atoms with van der Waals surface area (Å²) in [6, 6.07) is 12.5. The number of fused-ring (bicyclic) bond motifs is 1. The Morgan fingerprint density at radius 3 is 2.67 bits per heavy atom. The van der Waals surface area contributed by atoms with Gasteiger partial charge in [-0.05, 0) is 37.6 Å². The van der Waals surface area contributed by atoms with Gasteiger partial charge in [0.25, 0.3) is 0 Å². The zero-order chi connectivity index (χ0) is 11.8. The number of aryl methyl sites for hydroxylation is 2. The Morgan fingerprint density at radius 1 is 1.06 bits per heavy atom. The monoisotopic (exact) mass is 302 g/mol. The third kappa shape index (κ3) is 2.18. The Hall–Kier alpha value is -1.61. The minimum atomic E-state index is 0. The minimum Gasteiger partial charge on any atom is -0.306 e. The van der Waals surface area contributed by atoms with E-state index >= 15 is 0 Å². The van der Waals surface area contributed by atoms with Crippen LogP contribution in [0.4, 0.5) is 0 Å². The molecule has 0 spiro atoms. The molecule has 0 N–H and O–H groups in total. The molecule has 18 heavy (non-hydrogen) atoms. The van der Waals surface area contributed by atoms with Gasteiger partial charge in [-0.1, -0.05) is 23.8 Å². The molecule has 0 saturated carbocycles. The van der Waals surface area contributed by atoms with E-state index in [1.165, 1.54) is 16.7 Å². The van der Waals surface area contributed by atoms with Crippen LogP contribution in [0.3, 0.4) is 0 Å². The van der Waals surface area contributed by atoms with Crippen LogP contribution in [0.1, 0.15) is 11.1 Å². The van der Waals surface area contributed by atoms with Crippen molar-refractivity contribution in [1.29, 1.82) is 0 Å². The van der Waals surface area contributed by atoms with Crippen LogP contribution in [0, 0.1) is 13.8 Å². The van der Waals surface area contributed by atoms with Crippen LogP contribution in [0.5, 0.6) is 0 Å². The largest absolute Gasteiger partial charge is 0.306 e. The second kappa shape index (κ2) is 4.94. The van der Waals surface area contributed by atoms with E-state index < -0.39 is 0 Å². The van der Waals surface area contributed by atoms with Gasteiger partial charge in [0.2, 0.25) is 0 Å². The Morgan fingerprint density at radius 2 is 1.89 bits per heavy atom. The molecule has 2 nitrogen and oxygen atoms in total.